The van der Waals surface area contributed by atoms with Crippen molar-refractivity contribution < 1.29 is 14.3 Å². The van der Waals surface area contributed by atoms with Gasteiger partial charge in [0.05, 0.1) is 13.2 Å². The minimum Gasteiger partial charge on any atom is -0.351 e. The molecule has 0 aromatic heterocycles. The highest BCUT2D eigenvalue weighted by Crippen LogP contribution is 2.83. The maximum atomic E-state index is 12.3. The van der Waals surface area contributed by atoms with Gasteiger partial charge in [0.25, 0.3) is 0 Å². The molecular formula is C17H22O3. The third-order valence-electron chi connectivity index (χ3n) is 6.63. The molecule has 0 radical (unpaired) electrons. The highest BCUT2D eigenvalue weighted by atomic mass is 16.7. The second kappa shape index (κ2) is 3.38. The molecule has 1 aliphatic heterocycles. The molecule has 0 aromatic carbocycles. The minimum atomic E-state index is -0.124. The molecule has 0 spiro atoms. The Labute approximate surface area is 119 Å². The topological polar surface area (TPSA) is 35.5 Å². The van der Waals surface area contributed by atoms with E-state index in [0.29, 0.717) is 29.5 Å². The third kappa shape index (κ3) is 1.15. The summed E-state index contributed by atoms with van der Waals surface area (Å²) in [5.41, 5.74) is 0.155. The van der Waals surface area contributed by atoms with E-state index in [4.69, 9.17) is 9.47 Å². The smallest absolute Gasteiger partial charge is 0.164 e. The molecule has 1 saturated heterocycles. The zero-order valence-corrected chi connectivity index (χ0v) is 12.2. The Balaban J connectivity index is 1.49. The van der Waals surface area contributed by atoms with Gasteiger partial charge in [-0.3, -0.25) is 4.79 Å². The van der Waals surface area contributed by atoms with Gasteiger partial charge in [-0.1, -0.05) is 26.0 Å². The molecule has 0 bridgehead atoms. The molecule has 0 N–H and O–H groups in total. The van der Waals surface area contributed by atoms with E-state index < -0.39 is 0 Å². The highest BCUT2D eigenvalue weighted by Gasteiger charge is 2.86. The average Bonchev–Trinajstić information content (AvgIpc) is 2.67. The fraction of sp³-hybridized carbons (Fsp3) is 0.824. The van der Waals surface area contributed by atoms with Crippen LogP contribution in [0.25, 0.3) is 0 Å². The van der Waals surface area contributed by atoms with Crippen LogP contribution in [0.2, 0.25) is 0 Å². The van der Waals surface area contributed by atoms with E-state index in [1.165, 1.54) is 0 Å². The highest BCUT2D eigenvalue weighted by molar-refractivity contribution is 5.90. The van der Waals surface area contributed by atoms with Crippen LogP contribution in [0.5, 0.6) is 0 Å². The van der Waals surface area contributed by atoms with Gasteiger partial charge >= 0.3 is 0 Å². The molecule has 3 saturated carbocycles. The predicted molar refractivity (Wildman–Crippen MR) is 72.7 cm³/mol. The summed E-state index contributed by atoms with van der Waals surface area (Å²) in [4.78, 5) is 12.3. The number of allylic oxidation sites excluding steroid dienone is 2. The van der Waals surface area contributed by atoms with E-state index in [1.54, 1.807) is 0 Å². The lowest BCUT2D eigenvalue weighted by atomic mass is 9.81. The molecule has 3 heteroatoms. The SMILES string of the molecule is CC1(C)COC([C@]23[C@@H]4[C@@H]5C=CC[C@@H]5[C@H]2CC(=O)[C@@H]43)OC1. The summed E-state index contributed by atoms with van der Waals surface area (Å²) in [6.07, 6.45) is 6.50. The van der Waals surface area contributed by atoms with Crippen LogP contribution in [-0.4, -0.2) is 25.3 Å². The van der Waals surface area contributed by atoms with Gasteiger partial charge in [-0.2, -0.15) is 0 Å². The van der Waals surface area contributed by atoms with Gasteiger partial charge in [0.15, 0.2) is 6.29 Å². The second-order valence-corrected chi connectivity index (χ2v) is 8.30. The largest absolute Gasteiger partial charge is 0.351 e. The summed E-state index contributed by atoms with van der Waals surface area (Å²) in [7, 11) is 0. The molecule has 6 atom stereocenters. The number of hydrogen-bond donors (Lipinski definition) is 0. The van der Waals surface area contributed by atoms with Crippen LogP contribution < -0.4 is 0 Å². The summed E-state index contributed by atoms with van der Waals surface area (Å²) in [5.74, 6) is 3.06. The van der Waals surface area contributed by atoms with Crippen molar-refractivity contribution in [1.82, 2.24) is 0 Å². The number of carbonyl (C=O) groups is 1. The molecule has 4 aliphatic carbocycles. The Kier molecular flexibility index (Phi) is 2.02. The molecule has 5 aliphatic rings. The minimum absolute atomic E-state index is 0.0493. The number of ketones is 1. The Morgan fingerprint density at radius 1 is 1.25 bits per heavy atom. The molecule has 0 amide bonds. The van der Waals surface area contributed by atoms with Crippen molar-refractivity contribution in [1.29, 1.82) is 0 Å². The van der Waals surface area contributed by atoms with Gasteiger partial charge in [0, 0.05) is 23.2 Å². The van der Waals surface area contributed by atoms with Crippen LogP contribution >= 0.6 is 0 Å². The maximum Gasteiger partial charge on any atom is 0.164 e. The monoisotopic (exact) mass is 274 g/mol. The number of carbonyl (C=O) groups excluding carboxylic acids is 1. The van der Waals surface area contributed by atoms with Gasteiger partial charge in [-0.05, 0) is 30.1 Å². The van der Waals surface area contributed by atoms with Crippen LogP contribution in [-0.2, 0) is 14.3 Å². The molecule has 0 aromatic rings. The molecule has 5 rings (SSSR count). The van der Waals surface area contributed by atoms with Crippen LogP contribution in [0.3, 0.4) is 0 Å². The number of ether oxygens (including phenoxy) is 2. The summed E-state index contributed by atoms with van der Waals surface area (Å²) in [6, 6.07) is 0. The number of hydrogen-bond acceptors (Lipinski definition) is 3. The first-order valence-electron chi connectivity index (χ1n) is 7.98. The van der Waals surface area contributed by atoms with E-state index in [9.17, 15) is 4.79 Å². The van der Waals surface area contributed by atoms with Crippen molar-refractivity contribution in [3.8, 4) is 0 Å². The summed E-state index contributed by atoms with van der Waals surface area (Å²) < 4.78 is 12.2. The van der Waals surface area contributed by atoms with Crippen molar-refractivity contribution in [2.45, 2.75) is 33.0 Å². The second-order valence-electron chi connectivity index (χ2n) is 8.30. The standard InChI is InChI=1S/C17H22O3/c1-16(2)7-19-15(20-8-16)17-11-6-12(18)14(17)13(17)10-5-3-4-9(10)11/h3,5,9-11,13-15H,4,6-8H2,1-2H3/t9-,10+,11+,13+,14-,17-/m0/s1. The fourth-order valence-electron chi connectivity index (χ4n) is 5.98. The molecule has 1 heterocycles. The van der Waals surface area contributed by atoms with Gasteiger partial charge in [-0.15, -0.1) is 0 Å². The Hall–Kier alpha value is -0.670. The molecule has 108 valence electrons. The van der Waals surface area contributed by atoms with Crippen molar-refractivity contribution in [2.24, 2.45) is 40.4 Å². The molecule has 4 fully saturated rings. The summed E-state index contributed by atoms with van der Waals surface area (Å²) >= 11 is 0. The van der Waals surface area contributed by atoms with E-state index in [2.05, 4.69) is 26.0 Å². The molecule has 0 unspecified atom stereocenters. The maximum absolute atomic E-state index is 12.3. The van der Waals surface area contributed by atoms with Crippen LogP contribution in [0.1, 0.15) is 26.7 Å². The summed E-state index contributed by atoms with van der Waals surface area (Å²) in [6.45, 7) is 5.87. The molecule has 20 heavy (non-hydrogen) atoms. The van der Waals surface area contributed by atoms with Gasteiger partial charge in [0.1, 0.15) is 5.78 Å². The van der Waals surface area contributed by atoms with E-state index >= 15 is 0 Å². The first kappa shape index (κ1) is 11.9. The van der Waals surface area contributed by atoms with Crippen molar-refractivity contribution >= 4 is 5.78 Å². The molecular weight excluding hydrogens is 252 g/mol. The van der Waals surface area contributed by atoms with E-state index in [1.807, 2.05) is 0 Å². The predicted octanol–water partition coefficient (Wildman–Crippen LogP) is 2.41. The lowest BCUT2D eigenvalue weighted by molar-refractivity contribution is -0.258. The number of rotatable bonds is 1. The Bertz CT molecular complexity index is 512. The van der Waals surface area contributed by atoms with Gasteiger partial charge in [-0.25, -0.2) is 0 Å². The Morgan fingerprint density at radius 3 is 2.75 bits per heavy atom. The van der Waals surface area contributed by atoms with Crippen molar-refractivity contribution in [3.63, 3.8) is 0 Å². The number of Topliss-reactive ketones (excluding diaryl/α,β-unsaturated/α-hetero) is 1. The zero-order valence-electron chi connectivity index (χ0n) is 12.2. The van der Waals surface area contributed by atoms with Crippen LogP contribution in [0.15, 0.2) is 12.2 Å². The van der Waals surface area contributed by atoms with Crippen LogP contribution in [0.4, 0.5) is 0 Å². The fourth-order valence-corrected chi connectivity index (χ4v) is 5.98. The summed E-state index contributed by atoms with van der Waals surface area (Å²) in [5, 5.41) is 0. The van der Waals surface area contributed by atoms with Crippen LogP contribution in [0, 0.1) is 40.4 Å². The third-order valence-corrected chi connectivity index (χ3v) is 6.63. The first-order valence-corrected chi connectivity index (χ1v) is 7.98. The van der Waals surface area contributed by atoms with Crippen molar-refractivity contribution in [2.75, 3.05) is 13.2 Å². The lowest BCUT2D eigenvalue weighted by Crippen LogP contribution is -2.44. The Morgan fingerprint density at radius 2 is 2.00 bits per heavy atom. The zero-order chi connectivity index (χ0) is 13.7. The first-order chi connectivity index (χ1) is 9.56. The number of fused-ring (bicyclic) bond motifs is 4. The van der Waals surface area contributed by atoms with E-state index in [-0.39, 0.29) is 23.0 Å². The lowest BCUT2D eigenvalue weighted by Gasteiger charge is -2.40. The van der Waals surface area contributed by atoms with Gasteiger partial charge < -0.3 is 9.47 Å². The normalized spacial score (nSPS) is 55.1. The van der Waals surface area contributed by atoms with Crippen molar-refractivity contribution in [3.05, 3.63) is 12.2 Å². The average molecular weight is 274 g/mol. The van der Waals surface area contributed by atoms with E-state index in [0.717, 1.165) is 26.1 Å². The quantitative estimate of drug-likeness (QED) is 0.689. The molecule has 3 nitrogen and oxygen atoms in total. The van der Waals surface area contributed by atoms with Gasteiger partial charge in [0.2, 0.25) is 0 Å².